The lowest BCUT2D eigenvalue weighted by Crippen LogP contribution is -2.07. The minimum Gasteiger partial charge on any atom is -0.273 e. The molecular formula is C17H16ClIN10S. The second-order valence-corrected chi connectivity index (χ2v) is 9.41. The second-order valence-electron chi connectivity index (χ2n) is 6.16. The largest absolute Gasteiger partial charge is 0.273 e. The van der Waals surface area contributed by atoms with Gasteiger partial charge in [0.1, 0.15) is 16.9 Å². The Morgan fingerprint density at radius 2 is 1.73 bits per heavy atom. The summed E-state index contributed by atoms with van der Waals surface area (Å²) in [6.45, 7) is 6.20. The van der Waals surface area contributed by atoms with Gasteiger partial charge in [0.2, 0.25) is 0 Å². The lowest BCUT2D eigenvalue weighted by atomic mass is 10.0. The number of aliphatic imine (C=N–C) groups is 1. The summed E-state index contributed by atoms with van der Waals surface area (Å²) in [6, 6.07) is 7.81. The highest BCUT2D eigenvalue weighted by Crippen LogP contribution is 2.39. The molecule has 3 aromatic rings. The van der Waals surface area contributed by atoms with Gasteiger partial charge in [0.05, 0.1) is 8.60 Å². The van der Waals surface area contributed by atoms with Gasteiger partial charge in [-0.1, -0.05) is 23.7 Å². The summed E-state index contributed by atoms with van der Waals surface area (Å²) in [6.07, 6.45) is 0. The summed E-state index contributed by atoms with van der Waals surface area (Å²) in [4.78, 5) is 5.00. The number of halogens is 2. The molecule has 1 aromatic carbocycles. The summed E-state index contributed by atoms with van der Waals surface area (Å²) >= 11 is 10.2. The van der Waals surface area contributed by atoms with Gasteiger partial charge in [-0.2, -0.15) is 11.1 Å². The first-order valence-electron chi connectivity index (χ1n) is 8.57. The third kappa shape index (κ3) is 4.34. The third-order valence-corrected chi connectivity index (χ3v) is 7.09. The fourth-order valence-electron chi connectivity index (χ4n) is 2.99. The highest BCUT2D eigenvalue weighted by molar-refractivity contribution is 14.1. The van der Waals surface area contributed by atoms with Crippen LogP contribution >= 0.6 is 45.5 Å². The first-order chi connectivity index (χ1) is 14.4. The molecule has 0 fully saturated rings. The predicted octanol–water partition coefficient (Wildman–Crippen LogP) is 6.45. The molecule has 1 aliphatic heterocycles. The minimum absolute atomic E-state index is 0.0615. The van der Waals surface area contributed by atoms with E-state index in [4.69, 9.17) is 27.7 Å². The number of fused-ring (bicyclic) bond motifs is 3. The normalized spacial score (nSPS) is 14.8. The number of nitrogens with zero attached hydrogens (tertiary/aromatic N) is 8. The number of benzene rings is 1. The number of nitrogens with one attached hydrogen (secondary N) is 2. The Balaban J connectivity index is 0.000000377. The van der Waals surface area contributed by atoms with E-state index in [-0.39, 0.29) is 6.04 Å². The van der Waals surface area contributed by atoms with Gasteiger partial charge in [0, 0.05) is 16.1 Å². The summed E-state index contributed by atoms with van der Waals surface area (Å²) in [5.41, 5.74) is 16.3. The zero-order chi connectivity index (χ0) is 21.8. The Kier molecular flexibility index (Phi) is 7.10. The van der Waals surface area contributed by atoms with Crippen molar-refractivity contribution in [1.82, 2.24) is 14.8 Å². The molecule has 0 saturated carbocycles. The average Bonchev–Trinajstić information content (AvgIpc) is 3.21. The van der Waals surface area contributed by atoms with E-state index >= 15 is 0 Å². The predicted molar refractivity (Wildman–Crippen MR) is 122 cm³/mol. The molecule has 0 aliphatic carbocycles. The maximum atomic E-state index is 6.06. The first kappa shape index (κ1) is 22.2. The molecule has 154 valence electrons. The van der Waals surface area contributed by atoms with E-state index in [0.717, 1.165) is 32.9 Å². The van der Waals surface area contributed by atoms with Crippen molar-refractivity contribution in [1.29, 1.82) is 11.1 Å². The van der Waals surface area contributed by atoms with Gasteiger partial charge in [-0.15, -0.1) is 21.5 Å². The number of aromatic nitrogens is 3. The lowest BCUT2D eigenvalue weighted by Gasteiger charge is -2.09. The molecule has 30 heavy (non-hydrogen) atoms. The Bertz CT molecular complexity index is 1140. The smallest absolute Gasteiger partial charge is 0.162 e. The quantitative estimate of drug-likeness (QED) is 0.218. The van der Waals surface area contributed by atoms with Crippen LogP contribution in [0.15, 0.2) is 50.2 Å². The zero-order valence-electron chi connectivity index (χ0n) is 16.1. The van der Waals surface area contributed by atoms with Crippen LogP contribution < -0.4 is 0 Å². The van der Waals surface area contributed by atoms with Crippen LogP contribution in [0.1, 0.15) is 41.3 Å². The van der Waals surface area contributed by atoms with Gasteiger partial charge < -0.3 is 0 Å². The van der Waals surface area contributed by atoms with Gasteiger partial charge in [0.15, 0.2) is 5.82 Å². The number of thiophene rings is 1. The Morgan fingerprint density at radius 3 is 2.33 bits per heavy atom. The van der Waals surface area contributed by atoms with Crippen molar-refractivity contribution >= 4 is 51.2 Å². The van der Waals surface area contributed by atoms with Gasteiger partial charge in [-0.05, 0) is 82.0 Å². The number of hydrogen-bond acceptors (Lipinski definition) is 6. The summed E-state index contributed by atoms with van der Waals surface area (Å²) < 4.78 is 3.40. The van der Waals surface area contributed by atoms with Crippen molar-refractivity contribution in [2.75, 3.05) is 0 Å². The number of aryl methyl sites for hydroxylation is 1. The molecule has 0 bridgehead atoms. The molecule has 0 amide bonds. The van der Waals surface area contributed by atoms with Crippen molar-refractivity contribution in [3.63, 3.8) is 0 Å². The molecule has 13 heteroatoms. The lowest BCUT2D eigenvalue weighted by molar-refractivity contribution is 0.724. The molecule has 1 aliphatic rings. The topological polar surface area (TPSA) is 140 Å². The van der Waals surface area contributed by atoms with E-state index in [9.17, 15) is 0 Å². The van der Waals surface area contributed by atoms with Crippen LogP contribution in [-0.4, -0.2) is 20.5 Å². The fraction of sp³-hybridized carbons (Fsp3) is 0.235. The highest BCUT2D eigenvalue weighted by atomic mass is 127. The Labute approximate surface area is 194 Å². The van der Waals surface area contributed by atoms with Crippen molar-refractivity contribution in [2.45, 2.75) is 26.8 Å². The molecule has 0 spiro atoms. The molecule has 1 atom stereocenters. The molecule has 0 radical (unpaired) electrons. The molecule has 0 unspecified atom stereocenters. The molecule has 2 aromatic heterocycles. The van der Waals surface area contributed by atoms with Gasteiger partial charge in [-0.3, -0.25) is 9.56 Å². The van der Waals surface area contributed by atoms with Crippen LogP contribution in [0.2, 0.25) is 5.02 Å². The first-order valence-corrected chi connectivity index (χ1v) is 10.8. The SMILES string of the molecule is Cc1c(I)sc2c1C(c1ccc(Cl)cc1)=N[C@@H](C)c1nnc(C)n1-2.N=N/N=N/N=N. The van der Waals surface area contributed by atoms with Crippen LogP contribution in [-0.2, 0) is 0 Å². The highest BCUT2D eigenvalue weighted by Gasteiger charge is 2.29. The van der Waals surface area contributed by atoms with E-state index in [1.54, 1.807) is 11.3 Å². The van der Waals surface area contributed by atoms with Crippen LogP contribution in [0.25, 0.3) is 5.00 Å². The molecule has 3 heterocycles. The second kappa shape index (κ2) is 9.57. The maximum absolute atomic E-state index is 6.06. The molecule has 4 rings (SSSR count). The van der Waals surface area contributed by atoms with Crippen LogP contribution in [0.3, 0.4) is 0 Å². The fourth-order valence-corrected chi connectivity index (χ4v) is 5.11. The van der Waals surface area contributed by atoms with Crippen molar-refractivity contribution < 1.29 is 0 Å². The van der Waals surface area contributed by atoms with E-state index in [2.05, 4.69) is 72.1 Å². The average molecular weight is 555 g/mol. The molecule has 10 nitrogen and oxygen atoms in total. The van der Waals surface area contributed by atoms with Crippen molar-refractivity contribution in [3.8, 4) is 5.00 Å². The van der Waals surface area contributed by atoms with Crippen molar-refractivity contribution in [2.24, 2.45) is 25.9 Å². The van der Waals surface area contributed by atoms with Gasteiger partial charge >= 0.3 is 0 Å². The zero-order valence-corrected chi connectivity index (χ0v) is 19.9. The van der Waals surface area contributed by atoms with Crippen molar-refractivity contribution in [3.05, 3.63) is 60.5 Å². The maximum Gasteiger partial charge on any atom is 0.162 e. The Hall–Kier alpha value is -2.45. The number of hydrogen-bond donors (Lipinski definition) is 2. The summed E-state index contributed by atoms with van der Waals surface area (Å²) in [5.74, 6) is 1.78. The third-order valence-electron chi connectivity index (χ3n) is 4.30. The summed E-state index contributed by atoms with van der Waals surface area (Å²) in [7, 11) is 0. The van der Waals surface area contributed by atoms with Crippen LogP contribution in [0.4, 0.5) is 0 Å². The van der Waals surface area contributed by atoms with Crippen LogP contribution in [0, 0.1) is 27.8 Å². The molecular weight excluding hydrogens is 539 g/mol. The van der Waals surface area contributed by atoms with E-state index in [1.807, 2.05) is 31.2 Å². The van der Waals surface area contributed by atoms with E-state index < -0.39 is 0 Å². The number of rotatable bonds is 3. The molecule has 0 saturated heterocycles. The summed E-state index contributed by atoms with van der Waals surface area (Å²) in [5, 5.41) is 20.7. The van der Waals surface area contributed by atoms with Crippen LogP contribution in [0.5, 0.6) is 0 Å². The van der Waals surface area contributed by atoms with Gasteiger partial charge in [-0.25, -0.2) is 0 Å². The van der Waals surface area contributed by atoms with Gasteiger partial charge in [0.25, 0.3) is 0 Å². The van der Waals surface area contributed by atoms with E-state index in [1.165, 1.54) is 14.0 Å². The Morgan fingerprint density at radius 1 is 1.10 bits per heavy atom. The monoisotopic (exact) mass is 554 g/mol. The minimum atomic E-state index is -0.0615. The standard InChI is InChI=1S/C17H14ClIN4S.H2N6/c1-8-13-14(11-4-6-12(18)7-5-11)20-9(2)16-22-21-10(3)23(16)17(13)24-15(8)19;1-3-5-6-4-2/h4-7,9H,1-3H3;1-2H/b;3-1?,4-2?,6-5+/t9-;/m0./s1. The van der Waals surface area contributed by atoms with E-state index in [0.29, 0.717) is 0 Å². The molecule has 2 N–H and O–H groups in total.